The minimum absolute atomic E-state index is 0.0644. The van der Waals surface area contributed by atoms with Gasteiger partial charge in [-0.1, -0.05) is 26.9 Å². The van der Waals surface area contributed by atoms with Gasteiger partial charge in [-0.25, -0.2) is 0 Å². The lowest BCUT2D eigenvalue weighted by Gasteiger charge is -2.48. The molecule has 0 aromatic heterocycles. The quantitative estimate of drug-likeness (QED) is 0.504. The molecule has 0 saturated carbocycles. The summed E-state index contributed by atoms with van der Waals surface area (Å²) in [6, 6.07) is -0.00266. The van der Waals surface area contributed by atoms with Gasteiger partial charge in [-0.3, -0.25) is 0 Å². The Kier molecular flexibility index (Phi) is 4.12. The van der Waals surface area contributed by atoms with Gasteiger partial charge in [0, 0.05) is 18.4 Å². The molecule has 1 aliphatic rings. The SMILES string of the molecule is CC(C)(C)C1[NH2+]C(CO)CC(CO)C1[O-]. The van der Waals surface area contributed by atoms with Crippen molar-refractivity contribution in [2.24, 2.45) is 11.3 Å². The minimum Gasteiger partial charge on any atom is -0.847 e. The molecule has 90 valence electrons. The van der Waals surface area contributed by atoms with Crippen LogP contribution in [0.3, 0.4) is 0 Å². The molecular formula is C11H23NO3. The maximum Gasteiger partial charge on any atom is 0.110 e. The zero-order valence-electron chi connectivity index (χ0n) is 9.81. The van der Waals surface area contributed by atoms with Gasteiger partial charge in [0.15, 0.2) is 0 Å². The van der Waals surface area contributed by atoms with Crippen LogP contribution in [-0.2, 0) is 0 Å². The van der Waals surface area contributed by atoms with Gasteiger partial charge in [0.1, 0.15) is 6.04 Å². The first-order chi connectivity index (χ1) is 6.90. The van der Waals surface area contributed by atoms with Gasteiger partial charge < -0.3 is 20.6 Å². The summed E-state index contributed by atoms with van der Waals surface area (Å²) in [4.78, 5) is 0. The molecule has 4 unspecified atom stereocenters. The predicted octanol–water partition coefficient (Wildman–Crippen LogP) is -1.93. The first-order valence-corrected chi connectivity index (χ1v) is 5.62. The number of aliphatic hydroxyl groups is 2. The average Bonchev–Trinajstić information content (AvgIpc) is 2.16. The van der Waals surface area contributed by atoms with Crippen molar-refractivity contribution in [2.45, 2.75) is 45.4 Å². The van der Waals surface area contributed by atoms with Gasteiger partial charge in [-0.15, -0.1) is 0 Å². The Balaban J connectivity index is 2.77. The summed E-state index contributed by atoms with van der Waals surface area (Å²) in [6.45, 7) is 6.12. The summed E-state index contributed by atoms with van der Waals surface area (Å²) in [5.41, 5.74) is -0.0896. The van der Waals surface area contributed by atoms with Crippen molar-refractivity contribution >= 4 is 0 Å². The molecule has 15 heavy (non-hydrogen) atoms. The molecule has 0 aromatic carbocycles. The lowest BCUT2D eigenvalue weighted by molar-refractivity contribution is -0.772. The third kappa shape index (κ3) is 2.91. The van der Waals surface area contributed by atoms with E-state index in [2.05, 4.69) is 0 Å². The Labute approximate surface area is 91.3 Å². The summed E-state index contributed by atoms with van der Waals surface area (Å²) in [7, 11) is 0. The number of piperidine rings is 1. The second-order valence-corrected chi connectivity index (χ2v) is 5.67. The Morgan fingerprint density at radius 3 is 2.27 bits per heavy atom. The van der Waals surface area contributed by atoms with E-state index in [1.165, 1.54) is 0 Å². The van der Waals surface area contributed by atoms with Gasteiger partial charge >= 0.3 is 0 Å². The topological polar surface area (TPSA) is 80.1 Å². The van der Waals surface area contributed by atoms with E-state index in [-0.39, 0.29) is 36.6 Å². The maximum absolute atomic E-state index is 12.1. The Morgan fingerprint density at radius 2 is 1.87 bits per heavy atom. The highest BCUT2D eigenvalue weighted by molar-refractivity contribution is 4.87. The number of nitrogens with two attached hydrogens (primary N) is 1. The molecule has 1 aliphatic heterocycles. The average molecular weight is 217 g/mol. The van der Waals surface area contributed by atoms with Crippen molar-refractivity contribution in [2.75, 3.05) is 13.2 Å². The van der Waals surface area contributed by atoms with E-state index in [1.54, 1.807) is 0 Å². The van der Waals surface area contributed by atoms with Crippen LogP contribution in [0.2, 0.25) is 0 Å². The molecule has 0 bridgehead atoms. The van der Waals surface area contributed by atoms with Crippen LogP contribution >= 0.6 is 0 Å². The lowest BCUT2D eigenvalue weighted by atomic mass is 9.74. The number of quaternary nitrogens is 1. The highest BCUT2D eigenvalue weighted by Gasteiger charge is 2.40. The fourth-order valence-electron chi connectivity index (χ4n) is 2.39. The number of aliphatic hydroxyl groups excluding tert-OH is 2. The molecule has 0 aromatic rings. The van der Waals surface area contributed by atoms with Gasteiger partial charge in [0.05, 0.1) is 12.6 Å². The molecule has 1 saturated heterocycles. The van der Waals surface area contributed by atoms with Crippen molar-refractivity contribution in [3.63, 3.8) is 0 Å². The lowest BCUT2D eigenvalue weighted by Crippen LogP contribution is -3.03. The third-order valence-electron chi connectivity index (χ3n) is 3.37. The molecule has 4 heteroatoms. The van der Waals surface area contributed by atoms with Crippen LogP contribution in [0.1, 0.15) is 27.2 Å². The number of hydrogen-bond donors (Lipinski definition) is 3. The highest BCUT2D eigenvalue weighted by Crippen LogP contribution is 2.25. The highest BCUT2D eigenvalue weighted by atomic mass is 16.3. The van der Waals surface area contributed by atoms with Crippen molar-refractivity contribution in [1.82, 2.24) is 0 Å². The second-order valence-electron chi connectivity index (χ2n) is 5.67. The third-order valence-corrected chi connectivity index (χ3v) is 3.37. The summed E-state index contributed by atoms with van der Waals surface area (Å²) < 4.78 is 0. The molecular weight excluding hydrogens is 194 g/mol. The molecule has 4 nitrogen and oxygen atoms in total. The fraction of sp³-hybridized carbons (Fsp3) is 1.00. The maximum atomic E-state index is 12.1. The molecule has 0 aliphatic carbocycles. The van der Waals surface area contributed by atoms with Crippen molar-refractivity contribution in [3.05, 3.63) is 0 Å². The molecule has 1 rings (SSSR count). The van der Waals surface area contributed by atoms with Gasteiger partial charge in [0.25, 0.3) is 0 Å². The van der Waals surface area contributed by atoms with Gasteiger partial charge in [-0.05, 0) is 5.92 Å². The smallest absolute Gasteiger partial charge is 0.110 e. The summed E-state index contributed by atoms with van der Waals surface area (Å²) >= 11 is 0. The summed E-state index contributed by atoms with van der Waals surface area (Å²) in [5, 5.41) is 32.4. The fourth-order valence-corrected chi connectivity index (χ4v) is 2.39. The molecule has 0 amide bonds. The van der Waals surface area contributed by atoms with Crippen LogP contribution in [0.15, 0.2) is 0 Å². The summed E-state index contributed by atoms with van der Waals surface area (Å²) in [5.74, 6) is -0.212. The van der Waals surface area contributed by atoms with E-state index in [9.17, 15) is 5.11 Å². The molecule has 4 N–H and O–H groups in total. The zero-order valence-corrected chi connectivity index (χ0v) is 9.81. The van der Waals surface area contributed by atoms with Gasteiger partial charge in [0.2, 0.25) is 0 Å². The van der Waals surface area contributed by atoms with Crippen LogP contribution in [0.5, 0.6) is 0 Å². The van der Waals surface area contributed by atoms with Crippen molar-refractivity contribution in [1.29, 1.82) is 0 Å². The number of rotatable bonds is 2. The van der Waals surface area contributed by atoms with E-state index >= 15 is 0 Å². The first-order valence-electron chi connectivity index (χ1n) is 5.62. The van der Waals surface area contributed by atoms with E-state index in [0.717, 1.165) is 0 Å². The summed E-state index contributed by atoms with van der Waals surface area (Å²) in [6.07, 6.45) is -0.119. The Morgan fingerprint density at radius 1 is 1.27 bits per heavy atom. The Bertz CT molecular complexity index is 202. The standard InChI is InChI=1S/C11H22NO3/c1-11(2,3)10-9(15)7(5-13)4-8(6-14)12-10/h7-10,12-14H,4-6H2,1-3H3/q-1/p+1. The van der Waals surface area contributed by atoms with Crippen LogP contribution in [0, 0.1) is 11.3 Å². The second kappa shape index (κ2) is 4.78. The molecule has 0 spiro atoms. The first kappa shape index (κ1) is 12.9. The Hall–Kier alpha value is -0.160. The van der Waals surface area contributed by atoms with E-state index in [1.807, 2.05) is 26.1 Å². The monoisotopic (exact) mass is 217 g/mol. The van der Waals surface area contributed by atoms with Crippen molar-refractivity contribution in [3.8, 4) is 0 Å². The van der Waals surface area contributed by atoms with E-state index in [4.69, 9.17) is 10.2 Å². The van der Waals surface area contributed by atoms with Gasteiger partial charge in [-0.2, -0.15) is 0 Å². The molecule has 1 heterocycles. The largest absolute Gasteiger partial charge is 0.847 e. The predicted molar refractivity (Wildman–Crippen MR) is 55.0 cm³/mol. The normalized spacial score (nSPS) is 38.0. The van der Waals surface area contributed by atoms with E-state index < -0.39 is 6.10 Å². The zero-order chi connectivity index (χ0) is 11.6. The minimum atomic E-state index is -0.738. The molecule has 0 radical (unpaired) electrons. The molecule has 4 atom stereocenters. The van der Waals surface area contributed by atoms with E-state index in [0.29, 0.717) is 6.42 Å². The van der Waals surface area contributed by atoms with Crippen LogP contribution in [0.4, 0.5) is 0 Å². The van der Waals surface area contributed by atoms with Crippen LogP contribution in [-0.4, -0.2) is 41.6 Å². The van der Waals surface area contributed by atoms with Crippen LogP contribution in [0.25, 0.3) is 0 Å². The van der Waals surface area contributed by atoms with Crippen molar-refractivity contribution < 1.29 is 20.6 Å². The molecule has 1 fully saturated rings. The van der Waals surface area contributed by atoms with Crippen LogP contribution < -0.4 is 10.4 Å². The number of hydrogen-bond acceptors (Lipinski definition) is 3.